The zero-order valence-corrected chi connectivity index (χ0v) is 13.1. The second-order valence-corrected chi connectivity index (χ2v) is 5.97. The van der Waals surface area contributed by atoms with Crippen molar-refractivity contribution in [2.45, 2.75) is 32.6 Å². The van der Waals surface area contributed by atoms with E-state index >= 15 is 0 Å². The Morgan fingerprint density at radius 2 is 1.77 bits per heavy atom. The van der Waals surface area contributed by atoms with E-state index in [9.17, 15) is 9.59 Å². The Morgan fingerprint density at radius 1 is 1.14 bits per heavy atom. The van der Waals surface area contributed by atoms with Crippen molar-refractivity contribution in [1.29, 1.82) is 0 Å². The lowest BCUT2D eigenvalue weighted by Gasteiger charge is -2.25. The lowest BCUT2D eigenvalue weighted by atomic mass is 9.80. The predicted octanol–water partition coefficient (Wildman–Crippen LogP) is 2.57. The second kappa shape index (κ2) is 5.95. The van der Waals surface area contributed by atoms with Gasteiger partial charge in [0.1, 0.15) is 12.2 Å². The number of benzene rings is 1. The van der Waals surface area contributed by atoms with Crippen LogP contribution in [0, 0.1) is 6.92 Å². The van der Waals surface area contributed by atoms with Crippen LogP contribution in [0.1, 0.15) is 36.8 Å². The van der Waals surface area contributed by atoms with Crippen LogP contribution >= 0.6 is 0 Å². The molecule has 2 aliphatic rings. The molecule has 1 saturated carbocycles. The number of ether oxygens (including phenoxy) is 1. The van der Waals surface area contributed by atoms with Gasteiger partial charge in [-0.15, -0.1) is 0 Å². The number of carbonyl (C=O) groups excluding carboxylic acids is 2. The van der Waals surface area contributed by atoms with Crippen molar-refractivity contribution in [1.82, 2.24) is 4.90 Å². The minimum absolute atomic E-state index is 0.0126. The SMILES string of the molecule is CCN1CCOC1=C1C(=O)CC(c2ccc(C)cc2)CC1=O. The Morgan fingerprint density at radius 3 is 2.36 bits per heavy atom. The van der Waals surface area contributed by atoms with Gasteiger partial charge in [0.25, 0.3) is 0 Å². The molecule has 1 aliphatic heterocycles. The van der Waals surface area contributed by atoms with Crippen molar-refractivity contribution in [3.05, 3.63) is 46.8 Å². The summed E-state index contributed by atoms with van der Waals surface area (Å²) < 4.78 is 5.56. The second-order valence-electron chi connectivity index (χ2n) is 5.97. The molecule has 1 aromatic carbocycles. The minimum Gasteiger partial charge on any atom is -0.477 e. The summed E-state index contributed by atoms with van der Waals surface area (Å²) in [5.41, 5.74) is 2.52. The highest BCUT2D eigenvalue weighted by molar-refractivity contribution is 6.22. The molecule has 4 nitrogen and oxygen atoms in total. The molecule has 0 N–H and O–H groups in total. The third kappa shape index (κ3) is 2.65. The van der Waals surface area contributed by atoms with E-state index in [1.54, 1.807) is 0 Å². The third-order valence-electron chi connectivity index (χ3n) is 4.45. The molecule has 1 heterocycles. The van der Waals surface area contributed by atoms with E-state index < -0.39 is 0 Å². The minimum atomic E-state index is -0.0859. The van der Waals surface area contributed by atoms with Crippen LogP contribution < -0.4 is 0 Å². The van der Waals surface area contributed by atoms with Crippen LogP contribution in [-0.2, 0) is 14.3 Å². The van der Waals surface area contributed by atoms with Gasteiger partial charge in [-0.2, -0.15) is 0 Å². The number of likely N-dealkylation sites (N-methyl/N-ethyl adjacent to an activating group) is 1. The monoisotopic (exact) mass is 299 g/mol. The fourth-order valence-electron chi connectivity index (χ4n) is 3.17. The average Bonchev–Trinajstić information content (AvgIpc) is 2.95. The van der Waals surface area contributed by atoms with Crippen molar-refractivity contribution in [3.8, 4) is 0 Å². The van der Waals surface area contributed by atoms with Crippen LogP contribution in [0.15, 0.2) is 35.7 Å². The fourth-order valence-corrected chi connectivity index (χ4v) is 3.17. The molecule has 1 aliphatic carbocycles. The summed E-state index contributed by atoms with van der Waals surface area (Å²) in [6.45, 7) is 6.08. The van der Waals surface area contributed by atoms with Crippen molar-refractivity contribution < 1.29 is 14.3 Å². The summed E-state index contributed by atoms with van der Waals surface area (Å²) in [4.78, 5) is 27.0. The third-order valence-corrected chi connectivity index (χ3v) is 4.45. The maximum atomic E-state index is 12.5. The molecule has 0 spiro atoms. The summed E-state index contributed by atoms with van der Waals surface area (Å²) in [6, 6.07) is 8.08. The van der Waals surface area contributed by atoms with E-state index in [2.05, 4.69) is 0 Å². The highest BCUT2D eigenvalue weighted by atomic mass is 16.5. The number of rotatable bonds is 2. The fraction of sp³-hybridized carbons (Fsp3) is 0.444. The maximum absolute atomic E-state index is 12.5. The topological polar surface area (TPSA) is 46.6 Å². The number of hydrogen-bond donors (Lipinski definition) is 0. The first-order valence-corrected chi connectivity index (χ1v) is 7.85. The molecular formula is C18H21NO3. The van der Waals surface area contributed by atoms with Crippen LogP contribution in [0.2, 0.25) is 0 Å². The van der Waals surface area contributed by atoms with Gasteiger partial charge in [0.05, 0.1) is 6.54 Å². The molecule has 4 heteroatoms. The highest BCUT2D eigenvalue weighted by Gasteiger charge is 2.37. The first-order chi connectivity index (χ1) is 10.6. The van der Waals surface area contributed by atoms with E-state index in [0.717, 1.165) is 18.7 Å². The van der Waals surface area contributed by atoms with Crippen LogP contribution in [0.25, 0.3) is 0 Å². The molecular weight excluding hydrogens is 278 g/mol. The number of Topliss-reactive ketones (excluding diaryl/α,β-unsaturated/α-hetero) is 2. The Kier molecular flexibility index (Phi) is 4.01. The summed E-state index contributed by atoms with van der Waals surface area (Å²) in [5.74, 6) is 0.315. The van der Waals surface area contributed by atoms with Crippen molar-refractivity contribution in [3.63, 3.8) is 0 Å². The molecule has 1 saturated heterocycles. The Hall–Kier alpha value is -2.10. The molecule has 0 unspecified atom stereocenters. The molecule has 3 rings (SSSR count). The molecule has 0 bridgehead atoms. The highest BCUT2D eigenvalue weighted by Crippen LogP contribution is 2.34. The zero-order chi connectivity index (χ0) is 15.7. The van der Waals surface area contributed by atoms with Crippen LogP contribution in [-0.4, -0.2) is 36.2 Å². The van der Waals surface area contributed by atoms with Crippen molar-refractivity contribution in [2.24, 2.45) is 0 Å². The van der Waals surface area contributed by atoms with Crippen molar-refractivity contribution in [2.75, 3.05) is 19.7 Å². The first-order valence-electron chi connectivity index (χ1n) is 7.85. The maximum Gasteiger partial charge on any atom is 0.204 e. The number of aryl methyl sites for hydroxylation is 1. The van der Waals surface area contributed by atoms with Gasteiger partial charge < -0.3 is 9.64 Å². The van der Waals surface area contributed by atoms with Crippen molar-refractivity contribution >= 4 is 11.6 Å². The van der Waals surface area contributed by atoms with Gasteiger partial charge in [0.15, 0.2) is 11.6 Å². The molecule has 0 atom stereocenters. The van der Waals surface area contributed by atoms with Crippen LogP contribution in [0.3, 0.4) is 0 Å². The van der Waals surface area contributed by atoms with E-state index in [1.165, 1.54) is 5.56 Å². The molecule has 2 fully saturated rings. The Bertz CT molecular complexity index is 610. The number of carbonyl (C=O) groups is 2. The standard InChI is InChI=1S/C18H21NO3/c1-3-19-8-9-22-18(19)17-15(20)10-14(11-16(17)21)13-6-4-12(2)5-7-13/h4-7,14H,3,8-11H2,1-2H3. The summed E-state index contributed by atoms with van der Waals surface area (Å²) in [6.07, 6.45) is 0.767. The van der Waals surface area contributed by atoms with Gasteiger partial charge in [-0.05, 0) is 25.3 Å². The van der Waals surface area contributed by atoms with Gasteiger partial charge in [-0.25, -0.2) is 0 Å². The van der Waals surface area contributed by atoms with E-state index in [-0.39, 0.29) is 23.1 Å². The quantitative estimate of drug-likeness (QED) is 0.622. The molecule has 1 aromatic rings. The largest absolute Gasteiger partial charge is 0.477 e. The van der Waals surface area contributed by atoms with E-state index in [1.807, 2.05) is 43.0 Å². The Balaban J connectivity index is 1.86. The van der Waals surface area contributed by atoms with E-state index in [0.29, 0.717) is 25.3 Å². The van der Waals surface area contributed by atoms with Crippen LogP contribution in [0.5, 0.6) is 0 Å². The number of hydrogen-bond acceptors (Lipinski definition) is 4. The summed E-state index contributed by atoms with van der Waals surface area (Å²) >= 11 is 0. The average molecular weight is 299 g/mol. The van der Waals surface area contributed by atoms with E-state index in [4.69, 9.17) is 4.74 Å². The summed E-state index contributed by atoms with van der Waals surface area (Å²) in [7, 11) is 0. The predicted molar refractivity (Wildman–Crippen MR) is 83.4 cm³/mol. The van der Waals surface area contributed by atoms with Crippen LogP contribution in [0.4, 0.5) is 0 Å². The number of allylic oxidation sites excluding steroid dienone is 1. The molecule has 0 aromatic heterocycles. The molecule has 0 radical (unpaired) electrons. The summed E-state index contributed by atoms with van der Waals surface area (Å²) in [5, 5.41) is 0. The van der Waals surface area contributed by atoms with Gasteiger partial charge in [-0.1, -0.05) is 29.8 Å². The van der Waals surface area contributed by atoms with Gasteiger partial charge in [0.2, 0.25) is 5.88 Å². The van der Waals surface area contributed by atoms with Gasteiger partial charge in [0, 0.05) is 19.4 Å². The molecule has 22 heavy (non-hydrogen) atoms. The molecule has 116 valence electrons. The molecule has 0 amide bonds. The number of nitrogens with zero attached hydrogens (tertiary/aromatic N) is 1. The lowest BCUT2D eigenvalue weighted by Crippen LogP contribution is -2.30. The normalized spacial score (nSPS) is 22.3. The van der Waals surface area contributed by atoms with Gasteiger partial charge >= 0.3 is 0 Å². The number of ketones is 2. The Labute approximate surface area is 130 Å². The van der Waals surface area contributed by atoms with Gasteiger partial charge in [-0.3, -0.25) is 9.59 Å². The smallest absolute Gasteiger partial charge is 0.204 e. The zero-order valence-electron chi connectivity index (χ0n) is 13.1. The first kappa shape index (κ1) is 14.8. The lowest BCUT2D eigenvalue weighted by molar-refractivity contribution is -0.124.